The topological polar surface area (TPSA) is 57.3 Å². The molecule has 30 heavy (non-hydrogen) atoms. The third-order valence-corrected chi connectivity index (χ3v) is 5.78. The second-order valence-electron chi connectivity index (χ2n) is 7.39. The van der Waals surface area contributed by atoms with Crippen molar-refractivity contribution in [2.75, 3.05) is 62.3 Å². The zero-order chi connectivity index (χ0) is 20.1. The lowest BCUT2D eigenvalue weighted by atomic mass is 10.2. The van der Waals surface area contributed by atoms with Crippen LogP contribution in [0.2, 0.25) is 5.02 Å². The highest BCUT2D eigenvalue weighted by atomic mass is 127. The van der Waals surface area contributed by atoms with Crippen molar-refractivity contribution < 1.29 is 4.74 Å². The van der Waals surface area contributed by atoms with Crippen molar-refractivity contribution in [3.8, 4) is 0 Å². The molecule has 2 aromatic rings. The van der Waals surface area contributed by atoms with Crippen molar-refractivity contribution in [1.82, 2.24) is 4.90 Å². The van der Waals surface area contributed by atoms with Crippen molar-refractivity contribution in [3.05, 3.63) is 59.1 Å². The molecule has 162 valence electrons. The third-order valence-electron chi connectivity index (χ3n) is 5.53. The normalized spacial score (nSPS) is 17.6. The number of nitrogens with zero attached hydrogens (tertiary/aromatic N) is 4. The maximum Gasteiger partial charge on any atom is 0.191 e. The van der Waals surface area contributed by atoms with Crippen LogP contribution in [0.3, 0.4) is 0 Å². The number of nitrogens with two attached hydrogens (primary N) is 1. The van der Waals surface area contributed by atoms with E-state index in [2.05, 4.69) is 56.1 Å². The molecular formula is C22H29ClIN5O. The average Bonchev–Trinajstić information content (AvgIpc) is 2.79. The monoisotopic (exact) mass is 541 g/mol. The van der Waals surface area contributed by atoms with Crippen molar-refractivity contribution in [2.24, 2.45) is 10.7 Å². The Labute approximate surface area is 200 Å². The number of morpholine rings is 1. The second-order valence-corrected chi connectivity index (χ2v) is 7.83. The number of piperazine rings is 1. The van der Waals surface area contributed by atoms with Crippen LogP contribution in [0.1, 0.15) is 5.56 Å². The Bertz CT molecular complexity index is 816. The molecule has 6 nitrogen and oxygen atoms in total. The Morgan fingerprint density at radius 3 is 1.97 bits per heavy atom. The number of aliphatic imine (C=N–C) groups is 1. The molecule has 0 aliphatic carbocycles. The highest BCUT2D eigenvalue weighted by Crippen LogP contribution is 2.20. The summed E-state index contributed by atoms with van der Waals surface area (Å²) in [5, 5.41) is 0.766. The van der Waals surface area contributed by atoms with Crippen molar-refractivity contribution in [3.63, 3.8) is 0 Å². The largest absolute Gasteiger partial charge is 0.378 e. The molecule has 0 spiro atoms. The SMILES string of the molecule is I.NC(=NCc1ccc(N2CCOCC2)cc1)N1CCN(c2ccc(Cl)cc2)CC1. The van der Waals surface area contributed by atoms with Gasteiger partial charge in [0.2, 0.25) is 0 Å². The van der Waals surface area contributed by atoms with Crippen LogP contribution in [0, 0.1) is 0 Å². The van der Waals surface area contributed by atoms with E-state index < -0.39 is 0 Å². The Hall–Kier alpha value is -1.71. The molecule has 0 saturated carbocycles. The first-order valence-electron chi connectivity index (χ1n) is 10.2. The number of rotatable bonds is 4. The number of hydrogen-bond donors (Lipinski definition) is 1. The quantitative estimate of drug-likeness (QED) is 0.365. The number of halogens is 2. The number of ether oxygens (including phenoxy) is 1. The van der Waals surface area contributed by atoms with Crippen LogP contribution in [-0.2, 0) is 11.3 Å². The lowest BCUT2D eigenvalue weighted by Gasteiger charge is -2.36. The standard InChI is InChI=1S/C22H28ClN5O.HI/c23-19-3-7-21(8-4-19)26-9-11-28(12-10-26)22(24)25-17-18-1-5-20(6-2-18)27-13-15-29-16-14-27;/h1-8H,9-17H2,(H2,24,25);1H. The van der Waals surface area contributed by atoms with E-state index in [0.717, 1.165) is 57.5 Å². The molecule has 0 aromatic heterocycles. The summed E-state index contributed by atoms with van der Waals surface area (Å²) in [6.07, 6.45) is 0. The fraction of sp³-hybridized carbons (Fsp3) is 0.409. The molecule has 2 heterocycles. The fourth-order valence-corrected chi connectivity index (χ4v) is 3.88. The summed E-state index contributed by atoms with van der Waals surface area (Å²) >= 11 is 5.98. The minimum absolute atomic E-state index is 0. The maximum atomic E-state index is 6.26. The average molecular weight is 542 g/mol. The Morgan fingerprint density at radius 2 is 1.37 bits per heavy atom. The third kappa shape index (κ3) is 5.92. The van der Waals surface area contributed by atoms with Gasteiger partial charge in [-0.05, 0) is 42.0 Å². The number of hydrogen-bond acceptors (Lipinski definition) is 4. The van der Waals surface area contributed by atoms with Gasteiger partial charge >= 0.3 is 0 Å². The van der Waals surface area contributed by atoms with Gasteiger partial charge in [0.1, 0.15) is 0 Å². The Morgan fingerprint density at radius 1 is 0.833 bits per heavy atom. The molecule has 2 N–H and O–H groups in total. The van der Waals surface area contributed by atoms with Crippen molar-refractivity contribution in [1.29, 1.82) is 0 Å². The summed E-state index contributed by atoms with van der Waals surface area (Å²) in [5.41, 5.74) is 9.88. The lowest BCUT2D eigenvalue weighted by Crippen LogP contribution is -2.51. The Kier molecular flexibility index (Phi) is 8.47. The highest BCUT2D eigenvalue weighted by Gasteiger charge is 2.18. The molecule has 0 radical (unpaired) electrons. The summed E-state index contributed by atoms with van der Waals surface area (Å²) in [6, 6.07) is 16.6. The second kappa shape index (κ2) is 11.1. The van der Waals surface area contributed by atoms with E-state index in [1.54, 1.807) is 0 Å². The minimum atomic E-state index is 0. The van der Waals surface area contributed by atoms with Gasteiger partial charge in [-0.2, -0.15) is 0 Å². The molecule has 2 aliphatic rings. The van der Waals surface area contributed by atoms with E-state index >= 15 is 0 Å². The molecule has 0 atom stereocenters. The molecule has 2 aliphatic heterocycles. The molecule has 0 amide bonds. The van der Waals surface area contributed by atoms with Gasteiger partial charge in [-0.1, -0.05) is 23.7 Å². The van der Waals surface area contributed by atoms with Gasteiger partial charge in [0.15, 0.2) is 5.96 Å². The van der Waals surface area contributed by atoms with Gasteiger partial charge in [0.25, 0.3) is 0 Å². The number of anilines is 2. The number of benzene rings is 2. The smallest absolute Gasteiger partial charge is 0.191 e. The van der Waals surface area contributed by atoms with E-state index in [1.807, 2.05) is 12.1 Å². The van der Waals surface area contributed by atoms with Gasteiger partial charge in [-0.3, -0.25) is 0 Å². The number of guanidine groups is 1. The summed E-state index contributed by atoms with van der Waals surface area (Å²) < 4.78 is 5.42. The molecule has 8 heteroatoms. The molecule has 2 aromatic carbocycles. The molecule has 4 rings (SSSR count). The first-order chi connectivity index (χ1) is 14.2. The van der Waals surface area contributed by atoms with Crippen LogP contribution in [0.15, 0.2) is 53.5 Å². The lowest BCUT2D eigenvalue weighted by molar-refractivity contribution is 0.122. The minimum Gasteiger partial charge on any atom is -0.378 e. The molecule has 0 unspecified atom stereocenters. The van der Waals surface area contributed by atoms with Crippen LogP contribution in [0.25, 0.3) is 0 Å². The Balaban J connectivity index is 0.00000256. The van der Waals surface area contributed by atoms with E-state index in [4.69, 9.17) is 22.1 Å². The van der Waals surface area contributed by atoms with E-state index in [0.29, 0.717) is 12.5 Å². The van der Waals surface area contributed by atoms with Crippen LogP contribution < -0.4 is 15.5 Å². The van der Waals surface area contributed by atoms with Gasteiger partial charge in [-0.25, -0.2) is 4.99 Å². The van der Waals surface area contributed by atoms with Gasteiger partial charge in [0.05, 0.1) is 19.8 Å². The van der Waals surface area contributed by atoms with Crippen LogP contribution in [0.5, 0.6) is 0 Å². The van der Waals surface area contributed by atoms with E-state index in [-0.39, 0.29) is 24.0 Å². The predicted octanol–water partition coefficient (Wildman–Crippen LogP) is 3.43. The predicted molar refractivity (Wildman–Crippen MR) is 135 cm³/mol. The summed E-state index contributed by atoms with van der Waals surface area (Å²) in [4.78, 5) is 11.5. The highest BCUT2D eigenvalue weighted by molar-refractivity contribution is 14.0. The summed E-state index contributed by atoms with van der Waals surface area (Å²) in [7, 11) is 0. The van der Waals surface area contributed by atoms with Gasteiger partial charge in [0, 0.05) is 55.7 Å². The molecule has 2 saturated heterocycles. The maximum absolute atomic E-state index is 6.26. The molecule has 0 bridgehead atoms. The van der Waals surface area contributed by atoms with Crippen LogP contribution in [-0.4, -0.2) is 63.3 Å². The van der Waals surface area contributed by atoms with E-state index in [1.165, 1.54) is 16.9 Å². The zero-order valence-corrected chi connectivity index (χ0v) is 20.1. The van der Waals surface area contributed by atoms with Crippen molar-refractivity contribution >= 4 is 52.9 Å². The van der Waals surface area contributed by atoms with Crippen molar-refractivity contribution in [2.45, 2.75) is 6.54 Å². The first kappa shape index (κ1) is 23.0. The van der Waals surface area contributed by atoms with Gasteiger partial charge in [-0.15, -0.1) is 24.0 Å². The molecular weight excluding hydrogens is 513 g/mol. The first-order valence-corrected chi connectivity index (χ1v) is 10.5. The van der Waals surface area contributed by atoms with E-state index in [9.17, 15) is 0 Å². The summed E-state index contributed by atoms with van der Waals surface area (Å²) in [5.74, 6) is 0.623. The fourth-order valence-electron chi connectivity index (χ4n) is 3.75. The van der Waals surface area contributed by atoms with Crippen LogP contribution in [0.4, 0.5) is 11.4 Å². The summed E-state index contributed by atoms with van der Waals surface area (Å²) in [6.45, 7) is 7.69. The van der Waals surface area contributed by atoms with Crippen LogP contribution >= 0.6 is 35.6 Å². The van der Waals surface area contributed by atoms with Gasteiger partial charge < -0.3 is 25.2 Å². The molecule has 2 fully saturated rings. The zero-order valence-electron chi connectivity index (χ0n) is 17.0.